The molecule has 0 aliphatic heterocycles. The van der Waals surface area contributed by atoms with E-state index in [1.807, 2.05) is 14.0 Å². The Bertz CT molecular complexity index is 334. The summed E-state index contributed by atoms with van der Waals surface area (Å²) in [5.41, 5.74) is 1.42. The van der Waals surface area contributed by atoms with Gasteiger partial charge in [-0.2, -0.15) is 0 Å². The van der Waals surface area contributed by atoms with E-state index in [0.717, 1.165) is 18.7 Å². The molecule has 0 aliphatic rings. The molecule has 1 heterocycles. The van der Waals surface area contributed by atoms with Crippen molar-refractivity contribution in [1.82, 2.24) is 15.6 Å². The molecule has 1 aromatic heterocycles. The number of nitrogens with one attached hydrogen (secondary N) is 2. The Morgan fingerprint density at radius 1 is 1.35 bits per heavy atom. The number of aromatic nitrogens is 1. The van der Waals surface area contributed by atoms with Gasteiger partial charge in [-0.1, -0.05) is 0 Å². The lowest BCUT2D eigenvalue weighted by molar-refractivity contribution is 0.0952. The second kappa shape index (κ2) is 10.3. The first kappa shape index (κ1) is 18.5. The van der Waals surface area contributed by atoms with Crippen LogP contribution in [0.15, 0.2) is 18.3 Å². The summed E-state index contributed by atoms with van der Waals surface area (Å²) in [5.74, 6) is -0.0447. The van der Waals surface area contributed by atoms with Gasteiger partial charge >= 0.3 is 0 Å². The smallest absolute Gasteiger partial charge is 0.253 e. The van der Waals surface area contributed by atoms with Crippen LogP contribution in [-0.4, -0.2) is 31.0 Å². The molecule has 0 saturated heterocycles. The summed E-state index contributed by atoms with van der Waals surface area (Å²) in [5, 5.41) is 5.88. The lowest BCUT2D eigenvalue weighted by Gasteiger charge is -2.06. The quantitative estimate of drug-likeness (QED) is 0.805. The molecule has 0 unspecified atom stereocenters. The SMILES string of the molecule is CNCCCNC(=O)c1cccnc1C.Cl.Cl. The summed E-state index contributed by atoms with van der Waals surface area (Å²) in [7, 11) is 1.90. The van der Waals surface area contributed by atoms with Gasteiger partial charge in [0, 0.05) is 18.4 Å². The maximum absolute atomic E-state index is 11.7. The van der Waals surface area contributed by atoms with Crippen molar-refractivity contribution in [2.24, 2.45) is 0 Å². The number of nitrogens with zero attached hydrogens (tertiary/aromatic N) is 1. The second-order valence-corrected chi connectivity index (χ2v) is 3.35. The van der Waals surface area contributed by atoms with E-state index in [1.165, 1.54) is 0 Å². The highest BCUT2D eigenvalue weighted by atomic mass is 35.5. The van der Waals surface area contributed by atoms with Gasteiger partial charge in [0.1, 0.15) is 0 Å². The first-order valence-electron chi connectivity index (χ1n) is 5.10. The molecule has 0 bridgehead atoms. The van der Waals surface area contributed by atoms with Gasteiger partial charge in [0.25, 0.3) is 5.91 Å². The van der Waals surface area contributed by atoms with Crippen LogP contribution in [0.25, 0.3) is 0 Å². The molecule has 98 valence electrons. The number of carbonyl (C=O) groups is 1. The zero-order valence-corrected chi connectivity index (χ0v) is 11.7. The van der Waals surface area contributed by atoms with E-state index in [4.69, 9.17) is 0 Å². The van der Waals surface area contributed by atoms with Crippen molar-refractivity contribution in [1.29, 1.82) is 0 Å². The molecule has 1 rings (SSSR count). The molecule has 0 atom stereocenters. The van der Waals surface area contributed by atoms with Crippen molar-refractivity contribution in [2.75, 3.05) is 20.1 Å². The number of rotatable bonds is 5. The summed E-state index contributed by atoms with van der Waals surface area (Å²) in [6.45, 7) is 3.43. The van der Waals surface area contributed by atoms with E-state index in [2.05, 4.69) is 15.6 Å². The molecule has 2 N–H and O–H groups in total. The van der Waals surface area contributed by atoms with Gasteiger partial charge in [-0.3, -0.25) is 9.78 Å². The molecule has 17 heavy (non-hydrogen) atoms. The maximum Gasteiger partial charge on any atom is 0.253 e. The standard InChI is InChI=1S/C11H17N3O.2ClH/c1-9-10(5-3-7-13-9)11(15)14-8-4-6-12-2;;/h3,5,7,12H,4,6,8H2,1-2H3,(H,14,15);2*1H. The van der Waals surface area contributed by atoms with Crippen LogP contribution in [-0.2, 0) is 0 Å². The van der Waals surface area contributed by atoms with E-state index in [0.29, 0.717) is 12.1 Å². The number of carbonyl (C=O) groups excluding carboxylic acids is 1. The van der Waals surface area contributed by atoms with Gasteiger partial charge in [-0.05, 0) is 39.1 Å². The molecule has 4 nitrogen and oxygen atoms in total. The van der Waals surface area contributed by atoms with E-state index >= 15 is 0 Å². The number of hydrogen-bond donors (Lipinski definition) is 2. The summed E-state index contributed by atoms with van der Waals surface area (Å²) in [6, 6.07) is 3.56. The first-order valence-corrected chi connectivity index (χ1v) is 5.10. The van der Waals surface area contributed by atoms with Crippen molar-refractivity contribution in [3.8, 4) is 0 Å². The normalized spacial score (nSPS) is 8.82. The molecule has 0 aliphatic carbocycles. The van der Waals surface area contributed by atoms with Crippen LogP contribution in [0.1, 0.15) is 22.5 Å². The van der Waals surface area contributed by atoms with Crippen molar-refractivity contribution in [3.05, 3.63) is 29.6 Å². The Morgan fingerprint density at radius 2 is 2.06 bits per heavy atom. The zero-order valence-electron chi connectivity index (χ0n) is 10.0. The van der Waals surface area contributed by atoms with E-state index in [9.17, 15) is 4.79 Å². The fourth-order valence-corrected chi connectivity index (χ4v) is 1.29. The number of pyridine rings is 1. The van der Waals surface area contributed by atoms with E-state index in [-0.39, 0.29) is 30.7 Å². The third-order valence-electron chi connectivity index (χ3n) is 2.14. The minimum Gasteiger partial charge on any atom is -0.352 e. The van der Waals surface area contributed by atoms with Crippen molar-refractivity contribution in [2.45, 2.75) is 13.3 Å². The average Bonchev–Trinajstić information content (AvgIpc) is 2.25. The van der Waals surface area contributed by atoms with Gasteiger partial charge < -0.3 is 10.6 Å². The Hall–Kier alpha value is -0.840. The van der Waals surface area contributed by atoms with E-state index < -0.39 is 0 Å². The molecule has 0 aromatic carbocycles. The lowest BCUT2D eigenvalue weighted by atomic mass is 10.2. The number of aryl methyl sites for hydroxylation is 1. The fourth-order valence-electron chi connectivity index (χ4n) is 1.29. The van der Waals surface area contributed by atoms with Crippen LogP contribution in [0.5, 0.6) is 0 Å². The predicted octanol–water partition coefficient (Wildman–Crippen LogP) is 1.57. The minimum atomic E-state index is -0.0447. The minimum absolute atomic E-state index is 0. The molecule has 0 fully saturated rings. The molecular weight excluding hydrogens is 261 g/mol. The molecule has 0 saturated carbocycles. The number of amides is 1. The maximum atomic E-state index is 11.7. The van der Waals surface area contributed by atoms with Crippen molar-refractivity contribution in [3.63, 3.8) is 0 Å². The summed E-state index contributed by atoms with van der Waals surface area (Å²) >= 11 is 0. The van der Waals surface area contributed by atoms with Gasteiger partial charge in [0.15, 0.2) is 0 Å². The third kappa shape index (κ3) is 6.46. The summed E-state index contributed by atoms with van der Waals surface area (Å²) < 4.78 is 0. The van der Waals surface area contributed by atoms with Crippen LogP contribution in [0.2, 0.25) is 0 Å². The topological polar surface area (TPSA) is 54.0 Å². The first-order chi connectivity index (χ1) is 7.25. The highest BCUT2D eigenvalue weighted by Gasteiger charge is 2.07. The largest absolute Gasteiger partial charge is 0.352 e. The van der Waals surface area contributed by atoms with Crippen molar-refractivity contribution >= 4 is 30.7 Å². The Morgan fingerprint density at radius 3 is 2.65 bits per heavy atom. The molecule has 1 amide bonds. The van der Waals surface area contributed by atoms with Gasteiger partial charge in [0.05, 0.1) is 5.56 Å². The molecule has 0 spiro atoms. The number of halogens is 2. The number of hydrogen-bond acceptors (Lipinski definition) is 3. The van der Waals surface area contributed by atoms with Gasteiger partial charge in [-0.25, -0.2) is 0 Å². The fraction of sp³-hybridized carbons (Fsp3) is 0.455. The van der Waals surface area contributed by atoms with Crippen LogP contribution >= 0.6 is 24.8 Å². The van der Waals surface area contributed by atoms with Crippen molar-refractivity contribution < 1.29 is 4.79 Å². The predicted molar refractivity (Wildman–Crippen MR) is 74.3 cm³/mol. The highest BCUT2D eigenvalue weighted by Crippen LogP contribution is 2.02. The Kier molecular flexibility index (Phi) is 11.2. The zero-order chi connectivity index (χ0) is 11.1. The van der Waals surface area contributed by atoms with Crippen LogP contribution in [0, 0.1) is 6.92 Å². The highest BCUT2D eigenvalue weighted by molar-refractivity contribution is 5.95. The van der Waals surface area contributed by atoms with Crippen LogP contribution in [0.3, 0.4) is 0 Å². The summed E-state index contributed by atoms with van der Waals surface area (Å²) in [4.78, 5) is 15.7. The third-order valence-corrected chi connectivity index (χ3v) is 2.14. The monoisotopic (exact) mass is 279 g/mol. The average molecular weight is 280 g/mol. The van der Waals surface area contributed by atoms with Gasteiger partial charge in [0.2, 0.25) is 0 Å². The Labute approximate surface area is 114 Å². The molecule has 0 radical (unpaired) electrons. The van der Waals surface area contributed by atoms with Crippen LogP contribution < -0.4 is 10.6 Å². The second-order valence-electron chi connectivity index (χ2n) is 3.35. The molecule has 6 heteroatoms. The Balaban J connectivity index is 0. The molecular formula is C11H19Cl2N3O. The lowest BCUT2D eigenvalue weighted by Crippen LogP contribution is -2.27. The van der Waals surface area contributed by atoms with E-state index in [1.54, 1.807) is 18.3 Å². The summed E-state index contributed by atoms with van der Waals surface area (Å²) in [6.07, 6.45) is 2.62. The van der Waals surface area contributed by atoms with Crippen LogP contribution in [0.4, 0.5) is 0 Å². The van der Waals surface area contributed by atoms with Gasteiger partial charge in [-0.15, -0.1) is 24.8 Å². The molecule has 1 aromatic rings.